The van der Waals surface area contributed by atoms with Crippen LogP contribution in [-0.2, 0) is 14.3 Å². The van der Waals surface area contributed by atoms with Gasteiger partial charge in [0.15, 0.2) is 0 Å². The van der Waals surface area contributed by atoms with E-state index < -0.39 is 11.8 Å². The van der Waals surface area contributed by atoms with Crippen LogP contribution in [0.3, 0.4) is 0 Å². The minimum atomic E-state index is -0.437. The maximum absolute atomic E-state index is 12.6. The third kappa shape index (κ3) is 5.73. The van der Waals surface area contributed by atoms with Gasteiger partial charge in [0.05, 0.1) is 35.6 Å². The van der Waals surface area contributed by atoms with Gasteiger partial charge in [-0.25, -0.2) is 0 Å². The molecule has 1 heterocycles. The molecule has 0 atom stereocenters. The summed E-state index contributed by atoms with van der Waals surface area (Å²) in [6, 6.07) is 10.1. The summed E-state index contributed by atoms with van der Waals surface area (Å²) in [5.74, 6) is -1.16. The van der Waals surface area contributed by atoms with Crippen LogP contribution in [0, 0.1) is 11.3 Å². The predicted octanol–water partition coefficient (Wildman–Crippen LogP) is 3.65. The van der Waals surface area contributed by atoms with E-state index in [9.17, 15) is 19.6 Å². The van der Waals surface area contributed by atoms with Gasteiger partial charge in [-0.1, -0.05) is 0 Å². The van der Waals surface area contributed by atoms with Crippen LogP contribution in [-0.4, -0.2) is 69.7 Å². The van der Waals surface area contributed by atoms with Crippen molar-refractivity contribution in [1.82, 2.24) is 4.90 Å². The number of carbonyl (C=O) groups is 3. The molecule has 1 aliphatic rings. The number of ether oxygens (including phenoxy) is 2. The first-order chi connectivity index (χ1) is 17.3. The fourth-order valence-electron chi connectivity index (χ4n) is 3.76. The summed E-state index contributed by atoms with van der Waals surface area (Å²) in [7, 11) is 3.25. The molecule has 3 amide bonds. The molecule has 0 unspecified atom stereocenters. The van der Waals surface area contributed by atoms with Gasteiger partial charge in [0.1, 0.15) is 17.4 Å². The van der Waals surface area contributed by atoms with Crippen molar-refractivity contribution in [2.45, 2.75) is 13.8 Å². The Morgan fingerprint density at radius 3 is 2.19 bits per heavy atom. The number of anilines is 2. The predicted molar refractivity (Wildman–Crippen MR) is 133 cm³/mol. The van der Waals surface area contributed by atoms with Crippen LogP contribution in [0.4, 0.5) is 22.7 Å². The minimum Gasteiger partial charge on any atom is -0.383 e. The Labute approximate surface area is 209 Å². The van der Waals surface area contributed by atoms with E-state index in [4.69, 9.17) is 9.47 Å². The highest BCUT2D eigenvalue weighted by atomic mass is 16.5. The molecule has 0 aromatic heterocycles. The van der Waals surface area contributed by atoms with Crippen molar-refractivity contribution in [2.24, 2.45) is 10.2 Å². The summed E-state index contributed by atoms with van der Waals surface area (Å²) >= 11 is 0. The zero-order chi connectivity index (χ0) is 26.2. The normalized spacial score (nSPS) is 12.7. The quantitative estimate of drug-likeness (QED) is 0.373. The number of rotatable bonds is 11. The minimum absolute atomic E-state index is 0.111. The molecule has 2 aromatic carbocycles. The average molecular weight is 493 g/mol. The maximum Gasteiger partial charge on any atom is 0.261 e. The van der Waals surface area contributed by atoms with E-state index in [1.165, 1.54) is 19.1 Å². The fourth-order valence-corrected chi connectivity index (χ4v) is 3.76. The van der Waals surface area contributed by atoms with Gasteiger partial charge in [0, 0.05) is 46.5 Å². The Morgan fingerprint density at radius 1 is 1.03 bits per heavy atom. The second kappa shape index (κ2) is 12.0. The zero-order valence-electron chi connectivity index (χ0n) is 20.7. The number of methoxy groups -OCH3 is 2. The molecule has 0 spiro atoms. The first-order valence-electron chi connectivity index (χ1n) is 11.3. The summed E-state index contributed by atoms with van der Waals surface area (Å²) in [5, 5.41) is 20.8. The molecule has 0 aliphatic carbocycles. The van der Waals surface area contributed by atoms with Crippen LogP contribution in [0.5, 0.6) is 0 Å². The maximum atomic E-state index is 12.6. The molecule has 11 nitrogen and oxygen atoms in total. The van der Waals surface area contributed by atoms with Gasteiger partial charge in [0.25, 0.3) is 11.8 Å². The molecule has 0 fully saturated rings. The van der Waals surface area contributed by atoms with E-state index in [2.05, 4.69) is 20.4 Å². The average Bonchev–Trinajstić information content (AvgIpc) is 3.10. The highest BCUT2D eigenvalue weighted by molar-refractivity contribution is 6.21. The van der Waals surface area contributed by atoms with Crippen molar-refractivity contribution < 1.29 is 23.9 Å². The molecule has 2 aromatic rings. The molecular weight excluding hydrogens is 464 g/mol. The first kappa shape index (κ1) is 26.5. The van der Waals surface area contributed by atoms with E-state index >= 15 is 0 Å². The number of benzene rings is 2. The van der Waals surface area contributed by atoms with Gasteiger partial charge in [-0.2, -0.15) is 5.26 Å². The molecule has 1 aliphatic heterocycles. The van der Waals surface area contributed by atoms with E-state index in [0.29, 0.717) is 37.7 Å². The lowest BCUT2D eigenvalue weighted by atomic mass is 10.0. The molecule has 0 radical (unpaired) electrons. The standard InChI is InChI=1S/C25H28N6O5/c1-5-31-24(33)19-12-17(15-26)22(14-20(19)25(31)34)29-28-21-7-6-18(13-23(21)27-16(2)32)30(8-10-35-3)9-11-36-4/h6-7,12-14H,5,8-11H2,1-4H3,(H,27,32). The third-order valence-electron chi connectivity index (χ3n) is 5.58. The molecule has 0 saturated heterocycles. The van der Waals surface area contributed by atoms with Crippen LogP contribution in [0.25, 0.3) is 0 Å². The number of nitrogens with zero attached hydrogens (tertiary/aromatic N) is 5. The van der Waals surface area contributed by atoms with Crippen molar-refractivity contribution in [2.75, 3.05) is 57.3 Å². The molecule has 36 heavy (non-hydrogen) atoms. The van der Waals surface area contributed by atoms with Gasteiger partial charge in [-0.15, -0.1) is 10.2 Å². The van der Waals surface area contributed by atoms with Crippen LogP contribution < -0.4 is 10.2 Å². The number of azo groups is 1. The Hall–Kier alpha value is -4.14. The Balaban J connectivity index is 1.99. The van der Waals surface area contributed by atoms with Crippen LogP contribution in [0.15, 0.2) is 40.6 Å². The number of imide groups is 1. The molecule has 1 N–H and O–H groups in total. The fraction of sp³-hybridized carbons (Fsp3) is 0.360. The lowest BCUT2D eigenvalue weighted by molar-refractivity contribution is -0.114. The molecular formula is C25H28N6O5. The van der Waals surface area contributed by atoms with Crippen LogP contribution in [0.2, 0.25) is 0 Å². The second-order valence-corrected chi connectivity index (χ2v) is 7.94. The summed E-state index contributed by atoms with van der Waals surface area (Å²) in [5.41, 5.74) is 2.22. The van der Waals surface area contributed by atoms with Gasteiger partial charge in [-0.05, 0) is 37.3 Å². The summed E-state index contributed by atoms with van der Waals surface area (Å²) < 4.78 is 10.4. The van der Waals surface area contributed by atoms with Gasteiger partial charge < -0.3 is 19.7 Å². The molecule has 188 valence electrons. The summed E-state index contributed by atoms with van der Waals surface area (Å²) in [6.45, 7) is 5.55. The van der Waals surface area contributed by atoms with E-state index in [-0.39, 0.29) is 34.8 Å². The topological polar surface area (TPSA) is 137 Å². The lowest BCUT2D eigenvalue weighted by Crippen LogP contribution is -2.30. The molecule has 3 rings (SSSR count). The number of carbonyl (C=O) groups excluding carboxylic acids is 3. The van der Waals surface area contributed by atoms with E-state index in [0.717, 1.165) is 10.6 Å². The number of nitriles is 1. The number of nitrogens with one attached hydrogen (secondary N) is 1. The highest BCUT2D eigenvalue weighted by Gasteiger charge is 2.35. The van der Waals surface area contributed by atoms with Gasteiger partial charge >= 0.3 is 0 Å². The largest absolute Gasteiger partial charge is 0.383 e. The van der Waals surface area contributed by atoms with Gasteiger partial charge in [-0.3, -0.25) is 19.3 Å². The van der Waals surface area contributed by atoms with Crippen molar-refractivity contribution in [1.29, 1.82) is 5.26 Å². The number of hydrogen-bond donors (Lipinski definition) is 1. The first-order valence-corrected chi connectivity index (χ1v) is 11.3. The van der Waals surface area contributed by atoms with E-state index in [1.54, 1.807) is 33.3 Å². The zero-order valence-corrected chi connectivity index (χ0v) is 20.7. The number of hydrogen-bond acceptors (Lipinski definition) is 9. The monoisotopic (exact) mass is 492 g/mol. The smallest absolute Gasteiger partial charge is 0.261 e. The van der Waals surface area contributed by atoms with Crippen LogP contribution >= 0.6 is 0 Å². The highest BCUT2D eigenvalue weighted by Crippen LogP contribution is 2.34. The SMILES string of the molecule is CCN1C(=O)c2cc(C#N)c(N=Nc3ccc(N(CCOC)CCOC)cc3NC(C)=O)cc2C1=O. The molecule has 11 heteroatoms. The summed E-state index contributed by atoms with van der Waals surface area (Å²) in [6.07, 6.45) is 0. The van der Waals surface area contributed by atoms with Crippen molar-refractivity contribution in [3.8, 4) is 6.07 Å². The van der Waals surface area contributed by atoms with Gasteiger partial charge in [0.2, 0.25) is 5.91 Å². The number of amides is 3. The van der Waals surface area contributed by atoms with Crippen molar-refractivity contribution in [3.63, 3.8) is 0 Å². The number of fused-ring (bicyclic) bond motifs is 1. The summed E-state index contributed by atoms with van der Waals surface area (Å²) in [4.78, 5) is 40.0. The Bertz CT molecular complexity index is 1230. The third-order valence-corrected chi connectivity index (χ3v) is 5.58. The Morgan fingerprint density at radius 2 is 1.64 bits per heavy atom. The molecule has 0 bridgehead atoms. The van der Waals surface area contributed by atoms with E-state index in [1.807, 2.05) is 12.1 Å². The molecule has 0 saturated carbocycles. The second-order valence-electron chi connectivity index (χ2n) is 7.94. The van der Waals surface area contributed by atoms with Crippen molar-refractivity contribution in [3.05, 3.63) is 47.0 Å². The lowest BCUT2D eigenvalue weighted by Gasteiger charge is -2.25. The Kier molecular flexibility index (Phi) is 8.83. The van der Waals surface area contributed by atoms with Crippen molar-refractivity contribution >= 4 is 40.5 Å². The van der Waals surface area contributed by atoms with Crippen LogP contribution in [0.1, 0.15) is 40.1 Å².